The van der Waals surface area contributed by atoms with Crippen molar-refractivity contribution in [3.05, 3.63) is 71.8 Å². The first-order chi connectivity index (χ1) is 9.17. The average molecular weight is 254 g/mol. The molecule has 1 saturated heterocycles. The Hall–Kier alpha value is -1.64. The van der Waals surface area contributed by atoms with Gasteiger partial charge in [-0.05, 0) is 5.56 Å². The van der Waals surface area contributed by atoms with Crippen molar-refractivity contribution in [2.24, 2.45) is 0 Å². The zero-order valence-electron chi connectivity index (χ0n) is 11.5. The number of hydroxylamine groups is 3. The maximum absolute atomic E-state index is 6.24. The van der Waals surface area contributed by atoms with Crippen LogP contribution in [0.15, 0.2) is 60.7 Å². The zero-order chi connectivity index (χ0) is 13.3. The third kappa shape index (κ3) is 2.42. The molecule has 98 valence electrons. The van der Waals surface area contributed by atoms with E-state index in [0.717, 1.165) is 6.42 Å². The first-order valence-electron chi connectivity index (χ1n) is 6.79. The maximum atomic E-state index is 6.24. The fourth-order valence-electron chi connectivity index (χ4n) is 2.94. The van der Waals surface area contributed by atoms with E-state index in [2.05, 4.69) is 68.7 Å². The highest BCUT2D eigenvalue weighted by Crippen LogP contribution is 2.44. The van der Waals surface area contributed by atoms with E-state index >= 15 is 0 Å². The average Bonchev–Trinajstić information content (AvgIpc) is 2.77. The SMILES string of the molecule is C[N+]1(C)OC(c2ccccc2)CC1c1ccccc1. The predicted molar refractivity (Wildman–Crippen MR) is 76.2 cm³/mol. The number of hydrogen-bond donors (Lipinski definition) is 0. The van der Waals surface area contributed by atoms with Gasteiger partial charge in [0.05, 0.1) is 14.1 Å². The maximum Gasteiger partial charge on any atom is 0.148 e. The quantitative estimate of drug-likeness (QED) is 0.739. The van der Waals surface area contributed by atoms with Crippen LogP contribution in [0.2, 0.25) is 0 Å². The summed E-state index contributed by atoms with van der Waals surface area (Å²) < 4.78 is 0.587. The fraction of sp³-hybridized carbons (Fsp3) is 0.294. The lowest BCUT2D eigenvalue weighted by molar-refractivity contribution is -1.09. The van der Waals surface area contributed by atoms with Crippen molar-refractivity contribution in [2.75, 3.05) is 14.1 Å². The van der Waals surface area contributed by atoms with Crippen molar-refractivity contribution in [2.45, 2.75) is 18.6 Å². The van der Waals surface area contributed by atoms with Gasteiger partial charge in [0.1, 0.15) is 12.1 Å². The first kappa shape index (κ1) is 12.4. The molecule has 0 radical (unpaired) electrons. The summed E-state index contributed by atoms with van der Waals surface area (Å²) in [5.74, 6) is 0. The monoisotopic (exact) mass is 254 g/mol. The minimum atomic E-state index is 0.182. The number of hydrogen-bond acceptors (Lipinski definition) is 1. The Balaban J connectivity index is 1.88. The largest absolute Gasteiger partial charge is 0.195 e. The molecule has 2 aromatic carbocycles. The minimum Gasteiger partial charge on any atom is -0.195 e. The van der Waals surface area contributed by atoms with Gasteiger partial charge in [-0.3, -0.25) is 0 Å². The summed E-state index contributed by atoms with van der Waals surface area (Å²) in [6.07, 6.45) is 1.21. The molecule has 1 fully saturated rings. The summed E-state index contributed by atoms with van der Waals surface area (Å²) in [6, 6.07) is 21.6. The van der Waals surface area contributed by atoms with Crippen molar-refractivity contribution in [3.63, 3.8) is 0 Å². The van der Waals surface area contributed by atoms with E-state index in [1.54, 1.807) is 0 Å². The second-order valence-corrected chi connectivity index (χ2v) is 5.60. The van der Waals surface area contributed by atoms with E-state index in [1.165, 1.54) is 11.1 Å². The lowest BCUT2D eigenvalue weighted by Crippen LogP contribution is -2.37. The lowest BCUT2D eigenvalue weighted by Gasteiger charge is -2.28. The molecule has 2 heteroatoms. The minimum absolute atomic E-state index is 0.182. The van der Waals surface area contributed by atoms with Gasteiger partial charge in [-0.2, -0.15) is 9.48 Å². The van der Waals surface area contributed by atoms with Crippen molar-refractivity contribution in [1.82, 2.24) is 0 Å². The first-order valence-corrected chi connectivity index (χ1v) is 6.79. The van der Waals surface area contributed by atoms with E-state index in [4.69, 9.17) is 4.84 Å². The van der Waals surface area contributed by atoms with E-state index in [9.17, 15) is 0 Å². The molecule has 0 aliphatic carbocycles. The van der Waals surface area contributed by atoms with E-state index in [1.807, 2.05) is 6.07 Å². The molecule has 0 aromatic heterocycles. The van der Waals surface area contributed by atoms with Crippen molar-refractivity contribution < 1.29 is 9.48 Å². The molecule has 1 aliphatic rings. The Morgan fingerprint density at radius 1 is 0.842 bits per heavy atom. The Morgan fingerprint density at radius 2 is 1.37 bits per heavy atom. The second kappa shape index (κ2) is 4.80. The fourth-order valence-corrected chi connectivity index (χ4v) is 2.94. The van der Waals surface area contributed by atoms with Crippen LogP contribution >= 0.6 is 0 Å². The standard InChI is InChI=1S/C17H20NO/c1-18(2)16(14-9-5-3-6-10-14)13-17(19-18)15-11-7-4-8-12-15/h3-12,16-17H,13H2,1-2H3/q+1. The molecule has 0 saturated carbocycles. The highest BCUT2D eigenvalue weighted by molar-refractivity contribution is 5.22. The molecular formula is C17H20NO+. The summed E-state index contributed by atoms with van der Waals surface area (Å²) >= 11 is 0. The van der Waals surface area contributed by atoms with Crippen LogP contribution in [0.3, 0.4) is 0 Å². The predicted octanol–water partition coefficient (Wildman–Crippen LogP) is 3.88. The van der Waals surface area contributed by atoms with Gasteiger partial charge >= 0.3 is 0 Å². The van der Waals surface area contributed by atoms with Gasteiger partial charge in [0.15, 0.2) is 0 Å². The number of rotatable bonds is 2. The van der Waals surface area contributed by atoms with E-state index < -0.39 is 0 Å². The van der Waals surface area contributed by atoms with Crippen LogP contribution in [0.5, 0.6) is 0 Å². The third-order valence-corrected chi connectivity index (χ3v) is 3.94. The van der Waals surface area contributed by atoms with Gasteiger partial charge < -0.3 is 0 Å². The summed E-state index contributed by atoms with van der Waals surface area (Å²) in [5, 5.41) is 0. The molecule has 2 nitrogen and oxygen atoms in total. The molecular weight excluding hydrogens is 234 g/mol. The summed E-state index contributed by atoms with van der Waals surface area (Å²) in [7, 11) is 4.28. The van der Waals surface area contributed by atoms with E-state index in [-0.39, 0.29) is 6.10 Å². The van der Waals surface area contributed by atoms with Crippen LogP contribution in [-0.4, -0.2) is 18.7 Å². The Bertz CT molecular complexity index is 536. The summed E-state index contributed by atoms with van der Waals surface area (Å²) in [6.45, 7) is 0. The molecule has 2 atom stereocenters. The van der Waals surface area contributed by atoms with Crippen LogP contribution in [0, 0.1) is 0 Å². The molecule has 0 N–H and O–H groups in total. The molecule has 0 bridgehead atoms. The number of nitrogens with zero attached hydrogens (tertiary/aromatic N) is 1. The molecule has 1 heterocycles. The molecule has 0 amide bonds. The Kier molecular flexibility index (Phi) is 3.13. The number of quaternary nitrogens is 1. The van der Waals surface area contributed by atoms with Crippen molar-refractivity contribution in [3.8, 4) is 0 Å². The molecule has 3 rings (SSSR count). The van der Waals surface area contributed by atoms with Gasteiger partial charge in [0.2, 0.25) is 0 Å². The molecule has 0 spiro atoms. The molecule has 2 unspecified atom stereocenters. The van der Waals surface area contributed by atoms with Gasteiger partial charge in [-0.25, -0.2) is 0 Å². The van der Waals surface area contributed by atoms with E-state index in [0.29, 0.717) is 10.7 Å². The molecule has 2 aromatic rings. The topological polar surface area (TPSA) is 9.23 Å². The van der Waals surface area contributed by atoms with Gasteiger partial charge in [-0.15, -0.1) is 0 Å². The molecule has 19 heavy (non-hydrogen) atoms. The smallest absolute Gasteiger partial charge is 0.148 e. The Labute approximate surface area is 114 Å². The van der Waals surface area contributed by atoms with Crippen LogP contribution < -0.4 is 0 Å². The zero-order valence-corrected chi connectivity index (χ0v) is 11.5. The van der Waals surface area contributed by atoms with Gasteiger partial charge in [0.25, 0.3) is 0 Å². The van der Waals surface area contributed by atoms with Crippen LogP contribution in [0.1, 0.15) is 29.7 Å². The van der Waals surface area contributed by atoms with Gasteiger partial charge in [-0.1, -0.05) is 60.7 Å². The summed E-state index contributed by atoms with van der Waals surface area (Å²) in [4.78, 5) is 6.24. The highest BCUT2D eigenvalue weighted by Gasteiger charge is 2.44. The number of benzene rings is 2. The lowest BCUT2D eigenvalue weighted by atomic mass is 9.97. The van der Waals surface area contributed by atoms with Crippen molar-refractivity contribution in [1.29, 1.82) is 0 Å². The van der Waals surface area contributed by atoms with Crippen LogP contribution in [0.25, 0.3) is 0 Å². The Morgan fingerprint density at radius 3 is 1.95 bits per heavy atom. The summed E-state index contributed by atoms with van der Waals surface area (Å²) in [5.41, 5.74) is 2.62. The molecule has 1 aliphatic heterocycles. The van der Waals surface area contributed by atoms with Crippen LogP contribution in [0.4, 0.5) is 0 Å². The third-order valence-electron chi connectivity index (χ3n) is 3.94. The normalized spacial score (nSPS) is 25.4. The van der Waals surface area contributed by atoms with Crippen molar-refractivity contribution >= 4 is 0 Å². The van der Waals surface area contributed by atoms with Crippen LogP contribution in [-0.2, 0) is 4.84 Å². The van der Waals surface area contributed by atoms with Gasteiger partial charge in [0, 0.05) is 12.0 Å². The highest BCUT2D eigenvalue weighted by atomic mass is 16.7. The second-order valence-electron chi connectivity index (χ2n) is 5.60.